The van der Waals surface area contributed by atoms with Crippen LogP contribution in [0.1, 0.15) is 13.3 Å². The lowest BCUT2D eigenvalue weighted by molar-refractivity contribution is -0.117. The van der Waals surface area contributed by atoms with E-state index in [0.717, 1.165) is 17.5 Å². The van der Waals surface area contributed by atoms with E-state index < -0.39 is 0 Å². The molecule has 4 nitrogen and oxygen atoms in total. The number of nitrogens with zero attached hydrogens (tertiary/aromatic N) is 1. The smallest absolute Gasteiger partial charge is 0.230 e. The molecule has 1 heterocycles. The van der Waals surface area contributed by atoms with Gasteiger partial charge in [-0.1, -0.05) is 19.1 Å². The Balaban J connectivity index is 1.81. The maximum atomic E-state index is 11.7. The number of amides is 1. The topological polar surface area (TPSA) is 57.8 Å². The van der Waals surface area contributed by atoms with Crippen LogP contribution in [0.2, 0.25) is 0 Å². The predicted molar refractivity (Wildman–Crippen MR) is 62.0 cm³/mol. The van der Waals surface area contributed by atoms with Crippen molar-refractivity contribution in [3.8, 4) is 0 Å². The highest BCUT2D eigenvalue weighted by Gasteiger charge is 2.39. The van der Waals surface area contributed by atoms with Gasteiger partial charge in [0.2, 0.25) is 11.9 Å². The fourth-order valence-corrected chi connectivity index (χ4v) is 1.91. The normalized spacial score (nSPS) is 23.3. The minimum Gasteiger partial charge on any atom is -0.324 e. The lowest BCUT2D eigenvalue weighted by Crippen LogP contribution is -2.15. The van der Waals surface area contributed by atoms with Crippen molar-refractivity contribution in [2.24, 2.45) is 11.8 Å². The number of benzene rings is 1. The number of rotatable bonds is 2. The summed E-state index contributed by atoms with van der Waals surface area (Å²) >= 11 is 0. The lowest BCUT2D eigenvalue weighted by atomic mass is 10.3. The van der Waals surface area contributed by atoms with Gasteiger partial charge in [-0.25, -0.2) is 4.98 Å². The molecule has 0 spiro atoms. The highest BCUT2D eigenvalue weighted by molar-refractivity contribution is 5.94. The molecule has 2 aromatic rings. The molecular weight excluding hydrogens is 202 g/mol. The molecule has 0 radical (unpaired) electrons. The van der Waals surface area contributed by atoms with Gasteiger partial charge in [0.15, 0.2) is 0 Å². The molecule has 0 aliphatic heterocycles. The number of anilines is 1. The number of imidazole rings is 1. The number of hydrogen-bond acceptors (Lipinski definition) is 2. The molecular formula is C12H13N3O. The Morgan fingerprint density at radius 2 is 2.25 bits per heavy atom. The standard InChI is InChI=1S/C12H13N3O/c1-7-6-8(7)11(16)15-12-13-9-4-2-3-5-10(9)14-12/h2-5,7-8H,6H2,1H3,(H2,13,14,15,16)/t7-,8+/m1/s1. The fourth-order valence-electron chi connectivity index (χ4n) is 1.91. The van der Waals surface area contributed by atoms with E-state index in [1.807, 2.05) is 24.3 Å². The Hall–Kier alpha value is -1.84. The third kappa shape index (κ3) is 1.56. The van der Waals surface area contributed by atoms with Gasteiger partial charge in [0.1, 0.15) is 0 Å². The van der Waals surface area contributed by atoms with Crippen LogP contribution in [0.4, 0.5) is 5.95 Å². The first-order valence-electron chi connectivity index (χ1n) is 5.49. The third-order valence-corrected chi connectivity index (χ3v) is 3.08. The highest BCUT2D eigenvalue weighted by atomic mass is 16.2. The molecule has 0 saturated heterocycles. The number of hydrogen-bond donors (Lipinski definition) is 2. The summed E-state index contributed by atoms with van der Waals surface area (Å²) in [6.45, 7) is 2.09. The van der Waals surface area contributed by atoms with Gasteiger partial charge in [-0.15, -0.1) is 0 Å². The Morgan fingerprint density at radius 1 is 1.50 bits per heavy atom. The maximum absolute atomic E-state index is 11.7. The number of carbonyl (C=O) groups is 1. The van der Waals surface area contributed by atoms with E-state index >= 15 is 0 Å². The van der Waals surface area contributed by atoms with Crippen molar-refractivity contribution in [2.45, 2.75) is 13.3 Å². The molecule has 1 aliphatic carbocycles. The van der Waals surface area contributed by atoms with Crippen molar-refractivity contribution in [1.82, 2.24) is 9.97 Å². The molecule has 1 aliphatic rings. The summed E-state index contributed by atoms with van der Waals surface area (Å²) in [4.78, 5) is 19.1. The molecule has 3 rings (SSSR count). The van der Waals surface area contributed by atoms with E-state index in [4.69, 9.17) is 0 Å². The average Bonchev–Trinajstić information content (AvgIpc) is 2.87. The number of aromatic nitrogens is 2. The van der Waals surface area contributed by atoms with Crippen LogP contribution in [0.5, 0.6) is 0 Å². The van der Waals surface area contributed by atoms with Crippen LogP contribution in [0.15, 0.2) is 24.3 Å². The maximum Gasteiger partial charge on any atom is 0.230 e. The van der Waals surface area contributed by atoms with Crippen LogP contribution in [-0.2, 0) is 4.79 Å². The monoisotopic (exact) mass is 215 g/mol. The zero-order chi connectivity index (χ0) is 11.1. The molecule has 0 bridgehead atoms. The first kappa shape index (κ1) is 9.39. The Bertz CT molecular complexity index is 513. The Labute approximate surface area is 93.1 Å². The van der Waals surface area contributed by atoms with Crippen LogP contribution in [0.25, 0.3) is 11.0 Å². The van der Waals surface area contributed by atoms with E-state index in [0.29, 0.717) is 11.9 Å². The van der Waals surface area contributed by atoms with Crippen LogP contribution >= 0.6 is 0 Å². The zero-order valence-corrected chi connectivity index (χ0v) is 9.03. The molecule has 1 fully saturated rings. The Kier molecular flexibility index (Phi) is 1.96. The van der Waals surface area contributed by atoms with Gasteiger partial charge in [0.25, 0.3) is 0 Å². The van der Waals surface area contributed by atoms with Gasteiger partial charge in [-0.05, 0) is 24.5 Å². The molecule has 1 amide bonds. The summed E-state index contributed by atoms with van der Waals surface area (Å²) in [5.74, 6) is 1.31. The molecule has 16 heavy (non-hydrogen) atoms. The Morgan fingerprint density at radius 3 is 2.94 bits per heavy atom. The van der Waals surface area contributed by atoms with Crippen molar-refractivity contribution in [1.29, 1.82) is 0 Å². The van der Waals surface area contributed by atoms with Crippen LogP contribution < -0.4 is 5.32 Å². The summed E-state index contributed by atoms with van der Waals surface area (Å²) in [7, 11) is 0. The zero-order valence-electron chi connectivity index (χ0n) is 9.03. The molecule has 0 unspecified atom stereocenters. The van der Waals surface area contributed by atoms with Gasteiger partial charge < -0.3 is 4.98 Å². The summed E-state index contributed by atoms with van der Waals surface area (Å²) < 4.78 is 0. The van der Waals surface area contributed by atoms with Crippen molar-refractivity contribution in [3.63, 3.8) is 0 Å². The highest BCUT2D eigenvalue weighted by Crippen LogP contribution is 2.38. The molecule has 1 aromatic heterocycles. The van der Waals surface area contributed by atoms with Gasteiger partial charge in [-0.2, -0.15) is 0 Å². The number of aromatic amines is 1. The van der Waals surface area contributed by atoms with Crippen molar-refractivity contribution in [2.75, 3.05) is 5.32 Å². The number of H-pyrrole nitrogens is 1. The first-order valence-corrected chi connectivity index (χ1v) is 5.49. The van der Waals surface area contributed by atoms with E-state index in [9.17, 15) is 4.79 Å². The predicted octanol–water partition coefficient (Wildman–Crippen LogP) is 2.16. The largest absolute Gasteiger partial charge is 0.324 e. The molecule has 2 N–H and O–H groups in total. The summed E-state index contributed by atoms with van der Waals surface area (Å²) in [5, 5.41) is 2.82. The van der Waals surface area contributed by atoms with E-state index in [-0.39, 0.29) is 11.8 Å². The van der Waals surface area contributed by atoms with E-state index in [2.05, 4.69) is 22.2 Å². The average molecular weight is 215 g/mol. The molecule has 1 saturated carbocycles. The van der Waals surface area contributed by atoms with Gasteiger partial charge >= 0.3 is 0 Å². The van der Waals surface area contributed by atoms with Crippen LogP contribution in [0, 0.1) is 11.8 Å². The van der Waals surface area contributed by atoms with Crippen molar-refractivity contribution >= 4 is 22.9 Å². The van der Waals surface area contributed by atoms with Gasteiger partial charge in [-0.3, -0.25) is 10.1 Å². The second kappa shape index (κ2) is 3.33. The van der Waals surface area contributed by atoms with Gasteiger partial charge in [0, 0.05) is 5.92 Å². The van der Waals surface area contributed by atoms with Crippen LogP contribution in [0.3, 0.4) is 0 Å². The fraction of sp³-hybridized carbons (Fsp3) is 0.333. The second-order valence-corrected chi connectivity index (χ2v) is 4.41. The molecule has 1 aromatic carbocycles. The van der Waals surface area contributed by atoms with E-state index in [1.54, 1.807) is 0 Å². The first-order chi connectivity index (χ1) is 7.74. The molecule has 4 heteroatoms. The number of para-hydroxylation sites is 2. The quantitative estimate of drug-likeness (QED) is 0.806. The summed E-state index contributed by atoms with van der Waals surface area (Å²) in [5.41, 5.74) is 1.82. The van der Waals surface area contributed by atoms with Gasteiger partial charge in [0.05, 0.1) is 11.0 Å². The lowest BCUT2D eigenvalue weighted by Gasteiger charge is -1.98. The number of carbonyl (C=O) groups excluding carboxylic acids is 1. The summed E-state index contributed by atoms with van der Waals surface area (Å²) in [6.07, 6.45) is 0.992. The SMILES string of the molecule is C[C@@H]1C[C@@H]1C(=O)Nc1nc2ccccc2[nH]1. The number of nitrogens with one attached hydrogen (secondary N) is 2. The number of fused-ring (bicyclic) bond motifs is 1. The van der Waals surface area contributed by atoms with E-state index in [1.165, 1.54) is 0 Å². The minimum absolute atomic E-state index is 0.0755. The molecule has 2 atom stereocenters. The summed E-state index contributed by atoms with van der Waals surface area (Å²) in [6, 6.07) is 7.73. The molecule has 82 valence electrons. The third-order valence-electron chi connectivity index (χ3n) is 3.08. The second-order valence-electron chi connectivity index (χ2n) is 4.41. The van der Waals surface area contributed by atoms with Crippen LogP contribution in [-0.4, -0.2) is 15.9 Å². The van der Waals surface area contributed by atoms with Crippen molar-refractivity contribution < 1.29 is 4.79 Å². The minimum atomic E-state index is 0.0755. The van der Waals surface area contributed by atoms with Crippen molar-refractivity contribution in [3.05, 3.63) is 24.3 Å².